The van der Waals surface area contributed by atoms with Crippen molar-refractivity contribution in [1.29, 1.82) is 0 Å². The van der Waals surface area contributed by atoms with E-state index in [1.165, 1.54) is 0 Å². The van der Waals surface area contributed by atoms with Crippen LogP contribution in [0.5, 0.6) is 0 Å². The number of carbonyl (C=O) groups excluding carboxylic acids is 2. The van der Waals surface area contributed by atoms with E-state index in [2.05, 4.69) is 24.3 Å². The second-order valence-corrected chi connectivity index (χ2v) is 6.35. The van der Waals surface area contributed by atoms with Gasteiger partial charge < -0.3 is 14.7 Å². The zero-order valence-electron chi connectivity index (χ0n) is 14.5. The zero-order chi connectivity index (χ0) is 17.0. The third-order valence-corrected chi connectivity index (χ3v) is 4.65. The molecule has 0 aromatic carbocycles. The van der Waals surface area contributed by atoms with Gasteiger partial charge in [0, 0.05) is 19.0 Å². The second-order valence-electron chi connectivity index (χ2n) is 6.35. The van der Waals surface area contributed by atoms with Gasteiger partial charge in [0.1, 0.15) is 11.4 Å². The van der Waals surface area contributed by atoms with Crippen LogP contribution in [0.15, 0.2) is 4.52 Å². The van der Waals surface area contributed by atoms with Crippen molar-refractivity contribution in [2.24, 2.45) is 5.92 Å². The van der Waals surface area contributed by atoms with Crippen LogP contribution in [-0.4, -0.2) is 34.5 Å². The third kappa shape index (κ3) is 3.74. The molecule has 0 spiro atoms. The van der Waals surface area contributed by atoms with Crippen LogP contribution >= 0.6 is 0 Å². The Labute approximate surface area is 137 Å². The number of hydrogen-bond acceptors (Lipinski definition) is 4. The Kier molecular flexibility index (Phi) is 5.80. The summed E-state index contributed by atoms with van der Waals surface area (Å²) in [5, 5.41) is 6.54. The van der Waals surface area contributed by atoms with Gasteiger partial charge in [-0.15, -0.1) is 0 Å². The van der Waals surface area contributed by atoms with Gasteiger partial charge in [0.05, 0.1) is 0 Å². The minimum absolute atomic E-state index is 0.169. The highest BCUT2D eigenvalue weighted by Crippen LogP contribution is 2.27. The molecule has 0 saturated carbocycles. The monoisotopic (exact) mass is 321 g/mol. The van der Waals surface area contributed by atoms with Gasteiger partial charge in [-0.05, 0) is 32.1 Å². The lowest BCUT2D eigenvalue weighted by atomic mass is 9.95. The molecule has 2 rings (SSSR count). The number of amides is 2. The van der Waals surface area contributed by atoms with Crippen molar-refractivity contribution in [2.45, 2.75) is 65.8 Å². The van der Waals surface area contributed by atoms with Gasteiger partial charge in [-0.25, -0.2) is 0 Å². The van der Waals surface area contributed by atoms with Gasteiger partial charge in [0.15, 0.2) is 5.76 Å². The Bertz CT molecular complexity index is 567. The van der Waals surface area contributed by atoms with Crippen LogP contribution in [0, 0.1) is 12.8 Å². The average molecular weight is 321 g/mol. The fourth-order valence-corrected chi connectivity index (χ4v) is 3.40. The summed E-state index contributed by atoms with van der Waals surface area (Å²) in [5.41, 5.74) is 1.13. The largest absolute Gasteiger partial charge is 0.359 e. The molecule has 0 bridgehead atoms. The van der Waals surface area contributed by atoms with Gasteiger partial charge >= 0.3 is 11.8 Å². The summed E-state index contributed by atoms with van der Waals surface area (Å²) in [6, 6.07) is 0.169. The van der Waals surface area contributed by atoms with Gasteiger partial charge in [-0.3, -0.25) is 9.59 Å². The van der Waals surface area contributed by atoms with Crippen molar-refractivity contribution < 1.29 is 14.1 Å². The summed E-state index contributed by atoms with van der Waals surface area (Å²) in [6.45, 7) is 8.64. The lowest BCUT2D eigenvalue weighted by Gasteiger charge is -2.29. The van der Waals surface area contributed by atoms with Crippen molar-refractivity contribution in [3.8, 4) is 0 Å². The molecule has 1 N–H and O–H groups in total. The summed E-state index contributed by atoms with van der Waals surface area (Å²) in [6.07, 6.45) is 4.72. The average Bonchev–Trinajstić information content (AvgIpc) is 3.14. The molecular formula is C17H27N3O3. The molecule has 1 aromatic heterocycles. The molecule has 6 nitrogen and oxygen atoms in total. The van der Waals surface area contributed by atoms with Gasteiger partial charge in [-0.2, -0.15) is 0 Å². The van der Waals surface area contributed by atoms with E-state index in [0.29, 0.717) is 36.0 Å². The number of anilines is 1. The number of nitrogens with one attached hydrogen (secondary N) is 1. The van der Waals surface area contributed by atoms with Crippen LogP contribution < -0.4 is 5.32 Å². The van der Waals surface area contributed by atoms with Gasteiger partial charge in [0.25, 0.3) is 0 Å². The molecule has 2 atom stereocenters. The lowest BCUT2D eigenvalue weighted by molar-refractivity contribution is -0.144. The molecule has 1 fully saturated rings. The van der Waals surface area contributed by atoms with E-state index in [9.17, 15) is 9.59 Å². The Hall–Kier alpha value is -1.85. The SMILES string of the molecule is CCC[C@H](C)[C@@H]1CCCN1C(=O)C(=O)Nc1c(C)noc1CC. The maximum Gasteiger partial charge on any atom is 0.314 e. The molecular weight excluding hydrogens is 294 g/mol. The predicted molar refractivity (Wildman–Crippen MR) is 88.1 cm³/mol. The number of aromatic nitrogens is 1. The van der Waals surface area contributed by atoms with Gasteiger partial charge in [-0.1, -0.05) is 32.3 Å². The van der Waals surface area contributed by atoms with Crippen LogP contribution in [0.4, 0.5) is 5.69 Å². The normalized spacial score (nSPS) is 19.0. The van der Waals surface area contributed by atoms with Crippen LogP contribution in [-0.2, 0) is 16.0 Å². The molecule has 23 heavy (non-hydrogen) atoms. The van der Waals surface area contributed by atoms with Crippen molar-refractivity contribution in [3.05, 3.63) is 11.5 Å². The third-order valence-electron chi connectivity index (χ3n) is 4.65. The topological polar surface area (TPSA) is 75.4 Å². The summed E-state index contributed by atoms with van der Waals surface area (Å²) in [7, 11) is 0. The van der Waals surface area contributed by atoms with E-state index in [1.54, 1.807) is 11.8 Å². The zero-order valence-corrected chi connectivity index (χ0v) is 14.5. The molecule has 2 amide bonds. The number of rotatable bonds is 5. The molecule has 2 heterocycles. The maximum atomic E-state index is 12.6. The number of nitrogens with zero attached hydrogens (tertiary/aromatic N) is 2. The van der Waals surface area contributed by atoms with Crippen molar-refractivity contribution >= 4 is 17.5 Å². The standard InChI is InChI=1S/C17H27N3O3/c1-5-8-11(3)13-9-7-10-20(13)17(22)16(21)18-15-12(4)19-23-14(15)6-2/h11,13H,5-10H2,1-4H3,(H,18,21)/t11-,13-/m0/s1. The highest BCUT2D eigenvalue weighted by molar-refractivity contribution is 6.39. The first-order valence-corrected chi connectivity index (χ1v) is 8.56. The predicted octanol–water partition coefficient (Wildman–Crippen LogP) is 2.91. The number of hydrogen-bond donors (Lipinski definition) is 1. The van der Waals surface area contributed by atoms with Crippen molar-refractivity contribution in [3.63, 3.8) is 0 Å². The molecule has 0 radical (unpaired) electrons. The van der Waals surface area contributed by atoms with Crippen molar-refractivity contribution in [1.82, 2.24) is 10.1 Å². The van der Waals surface area contributed by atoms with Crippen LogP contribution in [0.25, 0.3) is 0 Å². The Morgan fingerprint density at radius 3 is 2.83 bits per heavy atom. The number of likely N-dealkylation sites (tertiary alicyclic amines) is 1. The Morgan fingerprint density at radius 2 is 2.17 bits per heavy atom. The first-order chi connectivity index (χ1) is 11.0. The first kappa shape index (κ1) is 17.5. The van der Waals surface area contributed by atoms with E-state index in [1.807, 2.05) is 6.92 Å². The number of aryl methyl sites for hydroxylation is 2. The molecule has 1 aromatic rings. The maximum absolute atomic E-state index is 12.6. The van der Waals surface area contributed by atoms with E-state index < -0.39 is 11.8 Å². The van der Waals surface area contributed by atoms with Gasteiger partial charge in [0.2, 0.25) is 0 Å². The highest BCUT2D eigenvalue weighted by atomic mass is 16.5. The highest BCUT2D eigenvalue weighted by Gasteiger charge is 2.35. The number of carbonyl (C=O) groups is 2. The summed E-state index contributed by atoms with van der Waals surface area (Å²) >= 11 is 0. The van der Waals surface area contributed by atoms with E-state index in [4.69, 9.17) is 4.52 Å². The molecule has 0 unspecified atom stereocenters. The van der Waals surface area contributed by atoms with Crippen molar-refractivity contribution in [2.75, 3.05) is 11.9 Å². The smallest absolute Gasteiger partial charge is 0.314 e. The molecule has 1 aliphatic rings. The fraction of sp³-hybridized carbons (Fsp3) is 0.706. The lowest BCUT2D eigenvalue weighted by Crippen LogP contribution is -2.45. The molecule has 128 valence electrons. The van der Waals surface area contributed by atoms with Crippen LogP contribution in [0.2, 0.25) is 0 Å². The first-order valence-electron chi connectivity index (χ1n) is 8.56. The fourth-order valence-electron chi connectivity index (χ4n) is 3.40. The van der Waals surface area contributed by atoms with Crippen LogP contribution in [0.3, 0.4) is 0 Å². The van der Waals surface area contributed by atoms with E-state index >= 15 is 0 Å². The summed E-state index contributed by atoms with van der Waals surface area (Å²) in [5.74, 6) is -0.0246. The Morgan fingerprint density at radius 1 is 1.43 bits per heavy atom. The summed E-state index contributed by atoms with van der Waals surface area (Å²) < 4.78 is 5.15. The Balaban J connectivity index is 2.07. The minimum atomic E-state index is -0.596. The van der Waals surface area contributed by atoms with Crippen LogP contribution in [0.1, 0.15) is 57.9 Å². The minimum Gasteiger partial charge on any atom is -0.359 e. The molecule has 0 aliphatic carbocycles. The molecule has 1 saturated heterocycles. The molecule has 6 heteroatoms. The summed E-state index contributed by atoms with van der Waals surface area (Å²) in [4.78, 5) is 26.7. The quantitative estimate of drug-likeness (QED) is 0.846. The second kappa shape index (κ2) is 7.62. The van der Waals surface area contributed by atoms with E-state index in [-0.39, 0.29) is 6.04 Å². The molecule has 1 aliphatic heterocycles. The van der Waals surface area contributed by atoms with E-state index in [0.717, 1.165) is 25.7 Å².